The van der Waals surface area contributed by atoms with E-state index in [2.05, 4.69) is 205 Å². The summed E-state index contributed by atoms with van der Waals surface area (Å²) in [5.74, 6) is 2.69. The van der Waals surface area contributed by atoms with Crippen molar-refractivity contribution >= 4 is 28.4 Å². The summed E-state index contributed by atoms with van der Waals surface area (Å²) >= 11 is 0. The minimum Gasteiger partial charge on any atom is -0.456 e. The van der Waals surface area contributed by atoms with Crippen molar-refractivity contribution < 1.29 is 4.42 Å². The number of para-hydroxylation sites is 1. The van der Waals surface area contributed by atoms with Gasteiger partial charge in [-0.3, -0.25) is 0 Å². The lowest BCUT2D eigenvalue weighted by Crippen LogP contribution is -2.30. The van der Waals surface area contributed by atoms with Crippen molar-refractivity contribution in [3.63, 3.8) is 0 Å². The zero-order chi connectivity index (χ0) is 41.0. The van der Waals surface area contributed by atoms with Crippen molar-refractivity contribution in [1.29, 1.82) is 0 Å². The molecule has 2 aromatic heterocycles. The molecule has 5 nitrogen and oxygen atoms in total. The highest BCUT2D eigenvalue weighted by Gasteiger charge is 2.44. The van der Waals surface area contributed by atoms with Crippen molar-refractivity contribution in [2.45, 2.75) is 12.0 Å². The second kappa shape index (κ2) is 14.8. The monoisotopic (exact) mass is 794 g/mol. The van der Waals surface area contributed by atoms with Gasteiger partial charge in [0.1, 0.15) is 11.3 Å². The first-order chi connectivity index (χ1) is 30.7. The van der Waals surface area contributed by atoms with Gasteiger partial charge in [0.05, 0.1) is 6.04 Å². The molecule has 2 aliphatic rings. The van der Waals surface area contributed by atoms with Crippen molar-refractivity contribution in [3.8, 4) is 67.5 Å². The maximum absolute atomic E-state index is 6.76. The zero-order valence-electron chi connectivity index (χ0n) is 33.6. The third kappa shape index (κ3) is 6.13. The van der Waals surface area contributed by atoms with Crippen molar-refractivity contribution in [1.82, 2.24) is 15.0 Å². The summed E-state index contributed by atoms with van der Waals surface area (Å²) in [5.41, 5.74) is 15.3. The third-order valence-electron chi connectivity index (χ3n) is 12.3. The first-order valence-electron chi connectivity index (χ1n) is 21.1. The molecule has 0 N–H and O–H groups in total. The van der Waals surface area contributed by atoms with Crippen LogP contribution in [0.15, 0.2) is 217 Å². The SMILES string of the molecule is C1=CC2C(c3ccccc3N2c2cccc(-c3ccccc3)c2)c2c1oc1cccc(-c3nc(-c4ccc(-c5ccccc5)cc4)nc(-c4ccc(-c5ccccc5)cc4)n3)c21. The van der Waals surface area contributed by atoms with Crippen LogP contribution in [0.1, 0.15) is 22.8 Å². The number of hydrogen-bond donors (Lipinski definition) is 0. The van der Waals surface area contributed by atoms with Crippen LogP contribution in [-0.4, -0.2) is 21.0 Å². The Morgan fingerprint density at radius 1 is 0.419 bits per heavy atom. The lowest BCUT2D eigenvalue weighted by Gasteiger charge is -2.30. The highest BCUT2D eigenvalue weighted by Crippen LogP contribution is 2.54. The van der Waals surface area contributed by atoms with Gasteiger partial charge in [-0.1, -0.05) is 188 Å². The molecule has 0 spiro atoms. The minimum atomic E-state index is 0.00539. The van der Waals surface area contributed by atoms with E-state index in [1.54, 1.807) is 0 Å². The molecular formula is C57H38N4O. The molecule has 62 heavy (non-hydrogen) atoms. The molecule has 0 bridgehead atoms. The van der Waals surface area contributed by atoms with Gasteiger partial charge in [0.25, 0.3) is 0 Å². The second-order valence-corrected chi connectivity index (χ2v) is 15.9. The van der Waals surface area contributed by atoms with Crippen LogP contribution in [0.4, 0.5) is 11.4 Å². The van der Waals surface area contributed by atoms with Gasteiger partial charge in [-0.05, 0) is 69.3 Å². The summed E-state index contributed by atoms with van der Waals surface area (Å²) in [4.78, 5) is 18.2. The number of rotatable bonds is 7. The van der Waals surface area contributed by atoms with Gasteiger partial charge in [-0.2, -0.15) is 0 Å². The lowest BCUT2D eigenvalue weighted by atomic mass is 9.81. The average molecular weight is 795 g/mol. The van der Waals surface area contributed by atoms with E-state index in [0.717, 1.165) is 66.9 Å². The van der Waals surface area contributed by atoms with Gasteiger partial charge in [-0.25, -0.2) is 15.0 Å². The highest BCUT2D eigenvalue weighted by molar-refractivity contribution is 6.00. The molecule has 0 amide bonds. The molecule has 2 unspecified atom stereocenters. The fraction of sp³-hybridized carbons (Fsp3) is 0.0351. The van der Waals surface area contributed by atoms with Gasteiger partial charge < -0.3 is 9.32 Å². The van der Waals surface area contributed by atoms with Gasteiger partial charge in [0.15, 0.2) is 17.5 Å². The van der Waals surface area contributed by atoms with Crippen LogP contribution in [0.2, 0.25) is 0 Å². The van der Waals surface area contributed by atoms with Gasteiger partial charge >= 0.3 is 0 Å². The molecular weight excluding hydrogens is 757 g/mol. The predicted octanol–water partition coefficient (Wildman–Crippen LogP) is 14.3. The van der Waals surface area contributed by atoms with E-state index >= 15 is 0 Å². The Hall–Kier alpha value is -8.15. The van der Waals surface area contributed by atoms with Gasteiger partial charge in [0, 0.05) is 44.9 Å². The smallest absolute Gasteiger partial charge is 0.164 e. The summed E-state index contributed by atoms with van der Waals surface area (Å²) < 4.78 is 6.76. The number of benzene rings is 8. The van der Waals surface area contributed by atoms with E-state index in [0.29, 0.717) is 17.5 Å². The molecule has 2 atom stereocenters. The number of fused-ring (bicyclic) bond motifs is 7. The molecule has 0 fully saturated rings. The van der Waals surface area contributed by atoms with Crippen LogP contribution in [-0.2, 0) is 0 Å². The van der Waals surface area contributed by atoms with E-state index < -0.39 is 0 Å². The predicted molar refractivity (Wildman–Crippen MR) is 252 cm³/mol. The van der Waals surface area contributed by atoms with Crippen LogP contribution in [0.3, 0.4) is 0 Å². The summed E-state index contributed by atoms with van der Waals surface area (Å²) in [6, 6.07) is 72.4. The third-order valence-corrected chi connectivity index (χ3v) is 12.3. The van der Waals surface area contributed by atoms with Gasteiger partial charge in [0.2, 0.25) is 0 Å². The first-order valence-corrected chi connectivity index (χ1v) is 21.1. The Morgan fingerprint density at radius 3 is 1.55 bits per heavy atom. The fourth-order valence-electron chi connectivity index (χ4n) is 9.40. The van der Waals surface area contributed by atoms with Crippen LogP contribution in [0.5, 0.6) is 0 Å². The van der Waals surface area contributed by atoms with Crippen molar-refractivity contribution in [2.75, 3.05) is 4.90 Å². The number of hydrogen-bond acceptors (Lipinski definition) is 5. The van der Waals surface area contributed by atoms with E-state index in [9.17, 15) is 0 Å². The lowest BCUT2D eigenvalue weighted by molar-refractivity contribution is 0.584. The molecule has 0 saturated carbocycles. The number of aromatic nitrogens is 3. The van der Waals surface area contributed by atoms with E-state index in [-0.39, 0.29) is 12.0 Å². The molecule has 5 heteroatoms. The van der Waals surface area contributed by atoms with Crippen LogP contribution in [0, 0.1) is 0 Å². The Bertz CT molecular complexity index is 3180. The number of nitrogens with zero attached hydrogens (tertiary/aromatic N) is 4. The summed E-state index contributed by atoms with van der Waals surface area (Å²) in [6.45, 7) is 0. The zero-order valence-corrected chi connectivity index (χ0v) is 33.6. The van der Waals surface area contributed by atoms with Crippen LogP contribution >= 0.6 is 0 Å². The molecule has 3 heterocycles. The Kier molecular flexibility index (Phi) is 8.56. The van der Waals surface area contributed by atoms with Crippen molar-refractivity contribution in [3.05, 3.63) is 229 Å². The van der Waals surface area contributed by atoms with Crippen LogP contribution < -0.4 is 4.90 Å². The maximum atomic E-state index is 6.76. The largest absolute Gasteiger partial charge is 0.456 e. The summed E-state index contributed by atoms with van der Waals surface area (Å²) in [6.07, 6.45) is 4.47. The summed E-state index contributed by atoms with van der Waals surface area (Å²) in [5, 5.41) is 1.03. The van der Waals surface area contributed by atoms with E-state index in [4.69, 9.17) is 19.4 Å². The molecule has 1 aliphatic carbocycles. The highest BCUT2D eigenvalue weighted by atomic mass is 16.3. The molecule has 0 radical (unpaired) electrons. The fourth-order valence-corrected chi connectivity index (χ4v) is 9.40. The van der Waals surface area contributed by atoms with Crippen molar-refractivity contribution in [2.24, 2.45) is 0 Å². The first kappa shape index (κ1) is 35.8. The van der Waals surface area contributed by atoms with Crippen LogP contribution in [0.25, 0.3) is 84.6 Å². The van der Waals surface area contributed by atoms with Gasteiger partial charge in [-0.15, -0.1) is 0 Å². The maximum Gasteiger partial charge on any atom is 0.164 e. The minimum absolute atomic E-state index is 0.00539. The number of anilines is 2. The Labute approximate surface area is 360 Å². The average Bonchev–Trinajstić information content (AvgIpc) is 3.91. The van der Waals surface area contributed by atoms with E-state index in [1.165, 1.54) is 22.4 Å². The second-order valence-electron chi connectivity index (χ2n) is 15.9. The summed E-state index contributed by atoms with van der Waals surface area (Å²) in [7, 11) is 0. The molecule has 292 valence electrons. The number of furan rings is 1. The standard InChI is InChI=1S/C57H38N4O/c1-4-14-37(15-5-1)40-26-30-42(31-27-40)55-58-56(43-32-28-41(29-33-43)38-16-6-2-7-17-38)60-57(59-55)47-23-13-25-50-53(47)54-51(62-50)35-34-49-52(54)46-22-10-11-24-48(46)61(49)45-21-12-20-44(36-45)39-18-8-3-9-19-39/h1-36,49,52H. The van der Waals surface area contributed by atoms with E-state index in [1.807, 2.05) is 18.2 Å². The quantitative estimate of drug-likeness (QED) is 0.161. The Morgan fingerprint density at radius 2 is 0.919 bits per heavy atom. The molecule has 12 rings (SSSR count). The Balaban J connectivity index is 1.01. The molecule has 0 saturated heterocycles. The topological polar surface area (TPSA) is 55.1 Å². The molecule has 1 aliphatic heterocycles. The molecule has 10 aromatic rings. The normalized spacial score (nSPS) is 15.0. The molecule has 8 aromatic carbocycles.